The molecular weight excluding hydrogens is 126 g/mol. The lowest BCUT2D eigenvalue weighted by Gasteiger charge is -2.42. The van der Waals surface area contributed by atoms with Gasteiger partial charge in [-0.1, -0.05) is 13.8 Å². The van der Waals surface area contributed by atoms with Gasteiger partial charge in [0.15, 0.2) is 0 Å². The van der Waals surface area contributed by atoms with Crippen molar-refractivity contribution in [3.8, 4) is 0 Å². The van der Waals surface area contributed by atoms with Crippen LogP contribution in [0, 0.1) is 11.3 Å². The van der Waals surface area contributed by atoms with Crippen LogP contribution >= 0.6 is 0 Å². The third kappa shape index (κ3) is 1.50. The van der Waals surface area contributed by atoms with Crippen molar-refractivity contribution in [2.45, 2.75) is 20.3 Å². The molecule has 1 saturated heterocycles. The summed E-state index contributed by atoms with van der Waals surface area (Å²) in [4.78, 5) is 0. The Morgan fingerprint density at radius 2 is 2.10 bits per heavy atom. The molecule has 0 unspecified atom stereocenters. The Morgan fingerprint density at radius 3 is 2.20 bits per heavy atom. The summed E-state index contributed by atoms with van der Waals surface area (Å²) < 4.78 is 0. The van der Waals surface area contributed by atoms with Gasteiger partial charge in [0.1, 0.15) is 0 Å². The zero-order valence-electron chi connectivity index (χ0n) is 6.85. The third-order valence-corrected chi connectivity index (χ3v) is 2.18. The quantitative estimate of drug-likeness (QED) is 0.607. The molecule has 0 aromatic heterocycles. The summed E-state index contributed by atoms with van der Waals surface area (Å²) in [6.45, 7) is 6.76. The van der Waals surface area contributed by atoms with E-state index in [1.807, 2.05) is 0 Å². The lowest BCUT2D eigenvalue weighted by atomic mass is 9.76. The summed E-state index contributed by atoms with van der Waals surface area (Å²) in [6.07, 6.45) is 1.15. The summed E-state index contributed by atoms with van der Waals surface area (Å²) in [5.41, 5.74) is 0.230. The Kier molecular flexibility index (Phi) is 2.32. The Morgan fingerprint density at radius 1 is 1.50 bits per heavy atom. The molecule has 60 valence electrons. The maximum Gasteiger partial charge on any atom is 0.0511 e. The molecule has 2 N–H and O–H groups in total. The molecule has 0 amide bonds. The monoisotopic (exact) mass is 143 g/mol. The predicted molar refractivity (Wildman–Crippen MR) is 41.8 cm³/mol. The Hall–Kier alpha value is -0.0800. The van der Waals surface area contributed by atoms with Crippen LogP contribution in [0.5, 0.6) is 0 Å². The van der Waals surface area contributed by atoms with Crippen LogP contribution in [0.4, 0.5) is 0 Å². The van der Waals surface area contributed by atoms with E-state index in [4.69, 9.17) is 5.11 Å². The van der Waals surface area contributed by atoms with Crippen molar-refractivity contribution in [1.29, 1.82) is 0 Å². The average molecular weight is 143 g/mol. The van der Waals surface area contributed by atoms with Gasteiger partial charge in [-0.2, -0.15) is 0 Å². The first kappa shape index (κ1) is 8.02. The predicted octanol–water partition coefficient (Wildman–Crippen LogP) is 0.614. The molecule has 2 nitrogen and oxygen atoms in total. The molecule has 1 heterocycles. The maximum atomic E-state index is 9.05. The maximum absolute atomic E-state index is 9.05. The van der Waals surface area contributed by atoms with Crippen molar-refractivity contribution < 1.29 is 5.11 Å². The molecule has 0 aromatic rings. The molecule has 1 rings (SSSR count). The van der Waals surface area contributed by atoms with Gasteiger partial charge in [-0.25, -0.2) is 0 Å². The highest BCUT2D eigenvalue weighted by molar-refractivity contribution is 4.92. The topological polar surface area (TPSA) is 32.3 Å². The minimum Gasteiger partial charge on any atom is -0.396 e. The van der Waals surface area contributed by atoms with Gasteiger partial charge in [0.2, 0.25) is 0 Å². The minimum atomic E-state index is 0.230. The number of hydrogen-bond acceptors (Lipinski definition) is 2. The average Bonchev–Trinajstić information content (AvgIpc) is 1.78. The minimum absolute atomic E-state index is 0.230. The highest BCUT2D eigenvalue weighted by Gasteiger charge is 2.36. The van der Waals surface area contributed by atoms with Gasteiger partial charge in [0.25, 0.3) is 0 Å². The van der Waals surface area contributed by atoms with Crippen molar-refractivity contribution >= 4 is 0 Å². The summed E-state index contributed by atoms with van der Waals surface area (Å²) in [5, 5.41) is 12.2. The van der Waals surface area contributed by atoms with Crippen LogP contribution in [-0.4, -0.2) is 24.8 Å². The lowest BCUT2D eigenvalue weighted by molar-refractivity contribution is 0.0477. The second kappa shape index (κ2) is 2.89. The van der Waals surface area contributed by atoms with E-state index in [1.165, 1.54) is 0 Å². The van der Waals surface area contributed by atoms with Gasteiger partial charge < -0.3 is 10.4 Å². The van der Waals surface area contributed by atoms with Gasteiger partial charge in [-0.3, -0.25) is 0 Å². The Balaban J connectivity index is 2.33. The van der Waals surface area contributed by atoms with Gasteiger partial charge in [-0.15, -0.1) is 0 Å². The van der Waals surface area contributed by atoms with Gasteiger partial charge >= 0.3 is 0 Å². The fourth-order valence-electron chi connectivity index (χ4n) is 1.67. The molecule has 0 atom stereocenters. The van der Waals surface area contributed by atoms with Crippen molar-refractivity contribution in [2.24, 2.45) is 11.3 Å². The number of aliphatic hydroxyl groups excluding tert-OH is 1. The van der Waals surface area contributed by atoms with E-state index in [0.29, 0.717) is 12.5 Å². The van der Waals surface area contributed by atoms with E-state index in [-0.39, 0.29) is 5.41 Å². The first-order valence-corrected chi connectivity index (χ1v) is 4.00. The van der Waals surface area contributed by atoms with Crippen molar-refractivity contribution in [3.63, 3.8) is 0 Å². The first-order chi connectivity index (χ1) is 4.68. The summed E-state index contributed by atoms with van der Waals surface area (Å²) in [6, 6.07) is 0. The summed E-state index contributed by atoms with van der Waals surface area (Å²) >= 11 is 0. The number of nitrogens with one attached hydrogen (secondary N) is 1. The summed E-state index contributed by atoms with van der Waals surface area (Å²) in [7, 11) is 0. The van der Waals surface area contributed by atoms with Crippen LogP contribution in [0.3, 0.4) is 0 Å². The van der Waals surface area contributed by atoms with Crippen LogP contribution in [-0.2, 0) is 0 Å². The molecule has 1 fully saturated rings. The fourth-order valence-corrected chi connectivity index (χ4v) is 1.67. The second-order valence-electron chi connectivity index (χ2n) is 3.86. The summed E-state index contributed by atoms with van der Waals surface area (Å²) in [5.74, 6) is 0.703. The van der Waals surface area contributed by atoms with Crippen LogP contribution < -0.4 is 5.32 Å². The number of aliphatic hydroxyl groups is 1. The molecule has 0 aromatic carbocycles. The third-order valence-electron chi connectivity index (χ3n) is 2.18. The number of hydrogen-bond donors (Lipinski definition) is 2. The highest BCUT2D eigenvalue weighted by atomic mass is 16.3. The van der Waals surface area contributed by atoms with Crippen LogP contribution in [0.25, 0.3) is 0 Å². The first-order valence-electron chi connectivity index (χ1n) is 4.00. The fraction of sp³-hybridized carbons (Fsp3) is 1.00. The van der Waals surface area contributed by atoms with Crippen molar-refractivity contribution in [2.75, 3.05) is 19.7 Å². The van der Waals surface area contributed by atoms with E-state index >= 15 is 0 Å². The molecule has 0 bridgehead atoms. The molecule has 0 aliphatic carbocycles. The molecule has 10 heavy (non-hydrogen) atoms. The lowest BCUT2D eigenvalue weighted by Crippen LogP contribution is -2.56. The molecule has 2 heteroatoms. The van der Waals surface area contributed by atoms with Crippen molar-refractivity contribution in [1.82, 2.24) is 5.32 Å². The Labute approximate surface area is 62.6 Å². The van der Waals surface area contributed by atoms with Crippen molar-refractivity contribution in [3.05, 3.63) is 0 Å². The Bertz CT molecular complexity index is 102. The smallest absolute Gasteiger partial charge is 0.0511 e. The van der Waals surface area contributed by atoms with E-state index in [2.05, 4.69) is 19.2 Å². The van der Waals surface area contributed by atoms with E-state index in [0.717, 1.165) is 19.5 Å². The zero-order chi connectivity index (χ0) is 7.61. The van der Waals surface area contributed by atoms with Gasteiger partial charge in [0, 0.05) is 18.5 Å². The van der Waals surface area contributed by atoms with Crippen LogP contribution in [0.2, 0.25) is 0 Å². The SMILES string of the molecule is CC(C)CC1(CO)CNC1. The van der Waals surface area contributed by atoms with E-state index in [9.17, 15) is 0 Å². The molecular formula is C8H17NO. The molecule has 1 aliphatic heterocycles. The largest absolute Gasteiger partial charge is 0.396 e. The van der Waals surface area contributed by atoms with E-state index in [1.54, 1.807) is 0 Å². The molecule has 0 saturated carbocycles. The zero-order valence-corrected chi connectivity index (χ0v) is 6.85. The van der Waals surface area contributed by atoms with Crippen LogP contribution in [0.1, 0.15) is 20.3 Å². The standard InChI is InChI=1S/C8H17NO/c1-7(2)3-8(6-10)4-9-5-8/h7,9-10H,3-6H2,1-2H3. The van der Waals surface area contributed by atoms with Gasteiger partial charge in [-0.05, 0) is 12.3 Å². The molecule has 0 radical (unpaired) electrons. The highest BCUT2D eigenvalue weighted by Crippen LogP contribution is 2.29. The normalized spacial score (nSPS) is 22.8. The molecule has 1 aliphatic rings. The second-order valence-corrected chi connectivity index (χ2v) is 3.86. The van der Waals surface area contributed by atoms with Gasteiger partial charge in [0.05, 0.1) is 6.61 Å². The van der Waals surface area contributed by atoms with E-state index < -0.39 is 0 Å². The number of rotatable bonds is 3. The molecule has 0 spiro atoms. The van der Waals surface area contributed by atoms with Crippen LogP contribution in [0.15, 0.2) is 0 Å².